The molecule has 2 fully saturated rings. The lowest BCUT2D eigenvalue weighted by atomic mass is 10.3. The number of nitrogens with one attached hydrogen (secondary N) is 2. The lowest BCUT2D eigenvalue weighted by Gasteiger charge is -2.23. The van der Waals surface area contributed by atoms with Crippen molar-refractivity contribution in [2.45, 2.75) is 32.2 Å². The molecule has 2 rings (SSSR count). The van der Waals surface area contributed by atoms with Crippen LogP contribution >= 0.6 is 0 Å². The second-order valence-electron chi connectivity index (χ2n) is 5.86. The first-order valence-electron chi connectivity index (χ1n) is 7.69. The van der Waals surface area contributed by atoms with Gasteiger partial charge in [0.15, 0.2) is 0 Å². The summed E-state index contributed by atoms with van der Waals surface area (Å²) >= 11 is 0. The molecule has 2 heterocycles. The molecule has 1 unspecified atom stereocenters. The zero-order valence-corrected chi connectivity index (χ0v) is 12.2. The summed E-state index contributed by atoms with van der Waals surface area (Å²) in [4.78, 5) is 16.7. The maximum atomic E-state index is 12.0. The number of carbonyl (C=O) groups excluding carboxylic acids is 1. The van der Waals surface area contributed by atoms with Gasteiger partial charge in [-0.2, -0.15) is 0 Å². The van der Waals surface area contributed by atoms with Gasteiger partial charge in [0.25, 0.3) is 0 Å². The Hall–Kier alpha value is -0.650. The molecule has 1 atom stereocenters. The Kier molecular flexibility index (Phi) is 6.07. The summed E-state index contributed by atoms with van der Waals surface area (Å²) in [5.41, 5.74) is 0. The third-order valence-electron chi connectivity index (χ3n) is 3.94. The fraction of sp³-hybridized carbons (Fsp3) is 0.929. The Labute approximate surface area is 116 Å². The summed E-state index contributed by atoms with van der Waals surface area (Å²) in [5.74, 6) is 0.175. The van der Waals surface area contributed by atoms with Crippen LogP contribution in [0.3, 0.4) is 0 Å². The van der Waals surface area contributed by atoms with Gasteiger partial charge in [-0.25, -0.2) is 0 Å². The van der Waals surface area contributed by atoms with E-state index in [1.165, 1.54) is 25.9 Å². The van der Waals surface area contributed by atoms with Crippen molar-refractivity contribution in [3.8, 4) is 0 Å². The first-order chi connectivity index (χ1) is 9.24. The van der Waals surface area contributed by atoms with Gasteiger partial charge >= 0.3 is 0 Å². The lowest BCUT2D eigenvalue weighted by Crippen LogP contribution is -2.45. The largest absolute Gasteiger partial charge is 0.351 e. The molecule has 2 saturated heterocycles. The van der Waals surface area contributed by atoms with Crippen molar-refractivity contribution in [2.24, 2.45) is 0 Å². The van der Waals surface area contributed by atoms with E-state index in [-0.39, 0.29) is 11.9 Å². The molecule has 0 bridgehead atoms. The minimum Gasteiger partial charge on any atom is -0.351 e. The van der Waals surface area contributed by atoms with Gasteiger partial charge in [0.05, 0.1) is 6.54 Å². The molecule has 2 aliphatic rings. The second kappa shape index (κ2) is 7.82. The molecule has 2 aliphatic heterocycles. The summed E-state index contributed by atoms with van der Waals surface area (Å²) in [5, 5.41) is 6.49. The Bertz CT molecular complexity index is 271. The lowest BCUT2D eigenvalue weighted by molar-refractivity contribution is -0.122. The van der Waals surface area contributed by atoms with Crippen molar-refractivity contribution in [1.82, 2.24) is 20.4 Å². The maximum absolute atomic E-state index is 12.0. The van der Waals surface area contributed by atoms with Crippen LogP contribution in [0.2, 0.25) is 0 Å². The monoisotopic (exact) mass is 268 g/mol. The highest BCUT2D eigenvalue weighted by Gasteiger charge is 2.17. The fourth-order valence-electron chi connectivity index (χ4n) is 2.98. The van der Waals surface area contributed by atoms with Gasteiger partial charge in [-0.05, 0) is 52.4 Å². The van der Waals surface area contributed by atoms with Gasteiger partial charge in [0, 0.05) is 25.7 Å². The number of rotatable bonds is 5. The molecule has 0 aliphatic carbocycles. The van der Waals surface area contributed by atoms with Crippen LogP contribution in [0.5, 0.6) is 0 Å². The minimum atomic E-state index is 0.175. The number of hydrogen-bond donors (Lipinski definition) is 2. The van der Waals surface area contributed by atoms with Gasteiger partial charge in [-0.15, -0.1) is 0 Å². The van der Waals surface area contributed by atoms with E-state index in [9.17, 15) is 4.79 Å². The molecule has 2 N–H and O–H groups in total. The topological polar surface area (TPSA) is 47.6 Å². The Morgan fingerprint density at radius 1 is 1.11 bits per heavy atom. The first kappa shape index (κ1) is 14.8. The third-order valence-corrected chi connectivity index (χ3v) is 3.94. The van der Waals surface area contributed by atoms with Crippen LogP contribution in [0.25, 0.3) is 0 Å². The van der Waals surface area contributed by atoms with Crippen LogP contribution in [0.15, 0.2) is 0 Å². The van der Waals surface area contributed by atoms with Gasteiger partial charge in [0.2, 0.25) is 5.91 Å². The average molecular weight is 268 g/mol. The van der Waals surface area contributed by atoms with E-state index < -0.39 is 0 Å². The third kappa shape index (κ3) is 5.47. The van der Waals surface area contributed by atoms with E-state index in [1.54, 1.807) is 0 Å². The molecular formula is C14H28N4O. The van der Waals surface area contributed by atoms with E-state index in [0.29, 0.717) is 6.54 Å². The highest BCUT2D eigenvalue weighted by molar-refractivity contribution is 5.78. The predicted octanol–water partition coefficient (Wildman–Crippen LogP) is -0.118. The fourth-order valence-corrected chi connectivity index (χ4v) is 2.98. The molecule has 0 aromatic rings. The van der Waals surface area contributed by atoms with E-state index in [4.69, 9.17) is 0 Å². The minimum absolute atomic E-state index is 0.175. The normalized spacial score (nSPS) is 24.1. The van der Waals surface area contributed by atoms with Gasteiger partial charge < -0.3 is 15.5 Å². The van der Waals surface area contributed by atoms with Gasteiger partial charge in [-0.3, -0.25) is 9.69 Å². The van der Waals surface area contributed by atoms with Crippen molar-refractivity contribution in [2.75, 3.05) is 52.4 Å². The molecule has 0 aromatic heterocycles. The zero-order valence-electron chi connectivity index (χ0n) is 12.2. The van der Waals surface area contributed by atoms with Crippen LogP contribution < -0.4 is 10.6 Å². The molecule has 1 amide bonds. The molecule has 0 saturated carbocycles. The highest BCUT2D eigenvalue weighted by Crippen LogP contribution is 2.07. The first-order valence-corrected chi connectivity index (χ1v) is 7.69. The van der Waals surface area contributed by atoms with Crippen molar-refractivity contribution in [3.05, 3.63) is 0 Å². The van der Waals surface area contributed by atoms with E-state index in [1.807, 2.05) is 0 Å². The number of likely N-dealkylation sites (tertiary alicyclic amines) is 1. The highest BCUT2D eigenvalue weighted by atomic mass is 16.2. The number of nitrogens with zero attached hydrogens (tertiary/aromatic N) is 2. The van der Waals surface area contributed by atoms with Crippen LogP contribution in [0.1, 0.15) is 26.2 Å². The van der Waals surface area contributed by atoms with Crippen LogP contribution in [-0.4, -0.2) is 74.1 Å². The van der Waals surface area contributed by atoms with E-state index in [0.717, 1.165) is 39.1 Å². The van der Waals surface area contributed by atoms with Crippen LogP contribution in [0, 0.1) is 0 Å². The summed E-state index contributed by atoms with van der Waals surface area (Å²) in [6.45, 7) is 10.1. The van der Waals surface area contributed by atoms with Gasteiger partial charge in [0.1, 0.15) is 0 Å². The van der Waals surface area contributed by atoms with Crippen molar-refractivity contribution in [3.63, 3.8) is 0 Å². The van der Waals surface area contributed by atoms with Crippen LogP contribution in [-0.2, 0) is 4.79 Å². The standard InChI is InChI=1S/C14H28N4O/c1-13(11-17-7-2-3-8-17)16-14(19)12-18-9-4-5-15-6-10-18/h13,15H,2-12H2,1H3,(H,16,19). The Balaban J connectivity index is 1.64. The molecular weight excluding hydrogens is 240 g/mol. The number of hydrogen-bond acceptors (Lipinski definition) is 4. The van der Waals surface area contributed by atoms with Crippen molar-refractivity contribution < 1.29 is 4.79 Å². The summed E-state index contributed by atoms with van der Waals surface area (Å²) in [6, 6.07) is 0.260. The molecule has 0 aromatic carbocycles. The van der Waals surface area contributed by atoms with Crippen molar-refractivity contribution in [1.29, 1.82) is 0 Å². The molecule has 110 valence electrons. The quantitative estimate of drug-likeness (QED) is 0.730. The molecule has 0 radical (unpaired) electrons. The SMILES string of the molecule is CC(CN1CCCC1)NC(=O)CN1CCCNCC1. The molecule has 0 spiro atoms. The number of amides is 1. The van der Waals surface area contributed by atoms with Crippen LogP contribution in [0.4, 0.5) is 0 Å². The summed E-state index contributed by atoms with van der Waals surface area (Å²) < 4.78 is 0. The maximum Gasteiger partial charge on any atom is 0.234 e. The Morgan fingerprint density at radius 2 is 1.84 bits per heavy atom. The summed E-state index contributed by atoms with van der Waals surface area (Å²) in [7, 11) is 0. The smallest absolute Gasteiger partial charge is 0.234 e. The zero-order chi connectivity index (χ0) is 13.5. The molecule has 5 nitrogen and oxygen atoms in total. The molecule has 5 heteroatoms. The predicted molar refractivity (Wildman–Crippen MR) is 77.2 cm³/mol. The van der Waals surface area contributed by atoms with Gasteiger partial charge in [-0.1, -0.05) is 0 Å². The second-order valence-corrected chi connectivity index (χ2v) is 5.86. The average Bonchev–Trinajstić information content (AvgIpc) is 2.72. The number of carbonyl (C=O) groups is 1. The van der Waals surface area contributed by atoms with E-state index in [2.05, 4.69) is 27.4 Å². The Morgan fingerprint density at radius 3 is 2.63 bits per heavy atom. The van der Waals surface area contributed by atoms with E-state index >= 15 is 0 Å². The van der Waals surface area contributed by atoms with Crippen molar-refractivity contribution >= 4 is 5.91 Å². The molecule has 19 heavy (non-hydrogen) atoms. The summed E-state index contributed by atoms with van der Waals surface area (Å²) in [6.07, 6.45) is 3.75.